The van der Waals surface area contributed by atoms with Crippen LogP contribution < -0.4 is 11.1 Å². The molecule has 0 atom stereocenters. The molecule has 0 saturated heterocycles. The zero-order valence-corrected chi connectivity index (χ0v) is 12.4. The summed E-state index contributed by atoms with van der Waals surface area (Å²) in [7, 11) is 0. The van der Waals surface area contributed by atoms with Gasteiger partial charge in [0.25, 0.3) is 0 Å². The van der Waals surface area contributed by atoms with Crippen molar-refractivity contribution in [1.29, 1.82) is 0 Å². The lowest BCUT2D eigenvalue weighted by Crippen LogP contribution is -2.10. The number of hydrogen-bond donors (Lipinski definition) is 2. The third kappa shape index (κ3) is 2.03. The van der Waals surface area contributed by atoms with Crippen molar-refractivity contribution in [2.75, 3.05) is 17.6 Å². The lowest BCUT2D eigenvalue weighted by Gasteiger charge is -2.09. The summed E-state index contributed by atoms with van der Waals surface area (Å²) in [6.07, 6.45) is 1.77. The molecular weight excluding hydrogens is 278 g/mol. The van der Waals surface area contributed by atoms with E-state index in [1.807, 2.05) is 6.07 Å². The van der Waals surface area contributed by atoms with E-state index in [0.29, 0.717) is 22.4 Å². The second kappa shape index (κ2) is 3.87. The monoisotopic (exact) mass is 297 g/mol. The first-order chi connectivity index (χ1) is 7.76. The van der Waals surface area contributed by atoms with Crippen molar-refractivity contribution in [2.45, 2.75) is 27.7 Å². The lowest BCUT2D eigenvalue weighted by atomic mass is 10.0. The van der Waals surface area contributed by atoms with Crippen LogP contribution in [0.4, 0.5) is 11.5 Å². The van der Waals surface area contributed by atoms with Gasteiger partial charge in [0.2, 0.25) is 0 Å². The summed E-state index contributed by atoms with van der Waals surface area (Å²) in [6, 6.07) is 1.87. The molecule has 0 spiro atoms. The van der Waals surface area contributed by atoms with Gasteiger partial charge in [-0.1, -0.05) is 27.7 Å². The van der Waals surface area contributed by atoms with Gasteiger partial charge >= 0.3 is 0 Å². The van der Waals surface area contributed by atoms with Crippen molar-refractivity contribution in [3.05, 3.63) is 16.7 Å². The molecule has 1 aliphatic carbocycles. The second-order valence-corrected chi connectivity index (χ2v) is 6.88. The molecule has 0 amide bonds. The Labute approximate surface area is 111 Å². The van der Waals surface area contributed by atoms with E-state index in [4.69, 9.17) is 5.73 Å². The van der Waals surface area contributed by atoms with Crippen LogP contribution in [0.2, 0.25) is 0 Å². The van der Waals surface area contributed by atoms with Crippen LogP contribution in [-0.4, -0.2) is 11.5 Å². The Hall–Kier alpha value is -0.770. The van der Waals surface area contributed by atoms with Crippen molar-refractivity contribution < 1.29 is 0 Å². The SMILES string of the molecule is CC1(C)C(CNc2ncc(Br)cc2N)C1(C)C. The maximum atomic E-state index is 5.91. The van der Waals surface area contributed by atoms with E-state index in [1.165, 1.54) is 0 Å². The number of pyridine rings is 1. The number of nitrogens with zero attached hydrogens (tertiary/aromatic N) is 1. The predicted octanol–water partition coefficient (Wildman–Crippen LogP) is 3.52. The van der Waals surface area contributed by atoms with E-state index in [2.05, 4.69) is 53.9 Å². The first-order valence-corrected chi connectivity index (χ1v) is 6.71. The van der Waals surface area contributed by atoms with E-state index in [9.17, 15) is 0 Å². The third-order valence-corrected chi connectivity index (χ3v) is 5.11. The Kier molecular flexibility index (Phi) is 2.89. The Balaban J connectivity index is 2.00. The summed E-state index contributed by atoms with van der Waals surface area (Å²) in [6.45, 7) is 10.2. The van der Waals surface area contributed by atoms with Crippen molar-refractivity contribution >= 4 is 27.4 Å². The van der Waals surface area contributed by atoms with Gasteiger partial charge in [-0.15, -0.1) is 0 Å². The van der Waals surface area contributed by atoms with Gasteiger partial charge in [-0.3, -0.25) is 0 Å². The Morgan fingerprint density at radius 3 is 2.41 bits per heavy atom. The molecule has 3 nitrogen and oxygen atoms in total. The number of anilines is 2. The molecular formula is C13H20BrN3. The van der Waals surface area contributed by atoms with E-state index < -0.39 is 0 Å². The van der Waals surface area contributed by atoms with Gasteiger partial charge in [0, 0.05) is 17.2 Å². The van der Waals surface area contributed by atoms with Gasteiger partial charge in [-0.05, 0) is 38.7 Å². The molecule has 0 aliphatic heterocycles. The highest BCUT2D eigenvalue weighted by Crippen LogP contribution is 2.68. The Bertz CT molecular complexity index is 426. The van der Waals surface area contributed by atoms with Gasteiger partial charge in [-0.25, -0.2) is 4.98 Å². The molecule has 2 rings (SSSR count). The highest BCUT2D eigenvalue weighted by molar-refractivity contribution is 9.10. The summed E-state index contributed by atoms with van der Waals surface area (Å²) in [4.78, 5) is 4.29. The van der Waals surface area contributed by atoms with E-state index >= 15 is 0 Å². The van der Waals surface area contributed by atoms with Gasteiger partial charge < -0.3 is 11.1 Å². The van der Waals surface area contributed by atoms with E-state index in [0.717, 1.165) is 16.8 Å². The largest absolute Gasteiger partial charge is 0.396 e. The highest BCUT2D eigenvalue weighted by atomic mass is 79.9. The molecule has 0 unspecified atom stereocenters. The van der Waals surface area contributed by atoms with Gasteiger partial charge in [0.05, 0.1) is 5.69 Å². The number of rotatable bonds is 3. The summed E-state index contributed by atoms with van der Waals surface area (Å²) in [5.41, 5.74) is 7.38. The minimum atomic E-state index is 0.393. The summed E-state index contributed by atoms with van der Waals surface area (Å²) in [5, 5.41) is 3.36. The van der Waals surface area contributed by atoms with E-state index in [1.54, 1.807) is 6.20 Å². The van der Waals surface area contributed by atoms with Gasteiger partial charge in [-0.2, -0.15) is 0 Å². The van der Waals surface area contributed by atoms with Crippen LogP contribution in [0.25, 0.3) is 0 Å². The molecule has 1 heterocycles. The summed E-state index contributed by atoms with van der Waals surface area (Å²) < 4.78 is 0.910. The predicted molar refractivity (Wildman–Crippen MR) is 75.9 cm³/mol. The van der Waals surface area contributed by atoms with Crippen molar-refractivity contribution in [3.63, 3.8) is 0 Å². The molecule has 1 aromatic rings. The lowest BCUT2D eigenvalue weighted by molar-refractivity contribution is 0.457. The highest BCUT2D eigenvalue weighted by Gasteiger charge is 2.64. The fourth-order valence-corrected chi connectivity index (χ4v) is 2.99. The van der Waals surface area contributed by atoms with Crippen LogP contribution in [0.15, 0.2) is 16.7 Å². The van der Waals surface area contributed by atoms with Gasteiger partial charge in [0.1, 0.15) is 5.82 Å². The molecule has 0 bridgehead atoms. The number of halogens is 1. The quantitative estimate of drug-likeness (QED) is 0.897. The fraction of sp³-hybridized carbons (Fsp3) is 0.615. The first kappa shape index (κ1) is 12.7. The van der Waals surface area contributed by atoms with Crippen LogP contribution >= 0.6 is 15.9 Å². The number of hydrogen-bond acceptors (Lipinski definition) is 3. The number of nitrogens with two attached hydrogens (primary N) is 1. The molecule has 1 aromatic heterocycles. The molecule has 1 saturated carbocycles. The van der Waals surface area contributed by atoms with Crippen molar-refractivity contribution in [1.82, 2.24) is 4.98 Å². The van der Waals surface area contributed by atoms with Crippen LogP contribution in [0.3, 0.4) is 0 Å². The number of aromatic nitrogens is 1. The van der Waals surface area contributed by atoms with Crippen LogP contribution in [-0.2, 0) is 0 Å². The fourth-order valence-electron chi connectivity index (χ4n) is 2.64. The van der Waals surface area contributed by atoms with Gasteiger partial charge in [0.15, 0.2) is 0 Å². The van der Waals surface area contributed by atoms with Crippen molar-refractivity contribution in [3.8, 4) is 0 Å². The average molecular weight is 298 g/mol. The smallest absolute Gasteiger partial charge is 0.149 e. The zero-order valence-electron chi connectivity index (χ0n) is 10.8. The normalized spacial score (nSPS) is 21.2. The van der Waals surface area contributed by atoms with Crippen LogP contribution in [0.5, 0.6) is 0 Å². The maximum Gasteiger partial charge on any atom is 0.149 e. The van der Waals surface area contributed by atoms with E-state index in [-0.39, 0.29) is 0 Å². The zero-order chi connectivity index (χ0) is 12.8. The molecule has 1 fully saturated rings. The third-order valence-electron chi connectivity index (χ3n) is 4.68. The average Bonchev–Trinajstić information content (AvgIpc) is 2.58. The minimum Gasteiger partial charge on any atom is -0.396 e. The molecule has 17 heavy (non-hydrogen) atoms. The molecule has 4 heteroatoms. The molecule has 0 radical (unpaired) electrons. The van der Waals surface area contributed by atoms with Crippen LogP contribution in [0.1, 0.15) is 27.7 Å². The maximum absolute atomic E-state index is 5.91. The second-order valence-electron chi connectivity index (χ2n) is 5.97. The topological polar surface area (TPSA) is 50.9 Å². The molecule has 3 N–H and O–H groups in total. The number of nitrogen functional groups attached to an aromatic ring is 1. The number of nitrogens with one attached hydrogen (secondary N) is 1. The summed E-state index contributed by atoms with van der Waals surface area (Å²) in [5.74, 6) is 1.45. The van der Waals surface area contributed by atoms with Crippen molar-refractivity contribution in [2.24, 2.45) is 16.7 Å². The molecule has 94 valence electrons. The standard InChI is InChI=1S/C13H20BrN3/c1-12(2)10(13(12,3)4)7-17-11-9(15)5-8(14)6-16-11/h5-6,10H,7,15H2,1-4H3,(H,16,17). The minimum absolute atomic E-state index is 0.393. The van der Waals surface area contributed by atoms with Crippen LogP contribution in [0, 0.1) is 16.7 Å². The Morgan fingerprint density at radius 1 is 1.35 bits per heavy atom. The summed E-state index contributed by atoms with van der Waals surface area (Å²) >= 11 is 3.35. The first-order valence-electron chi connectivity index (χ1n) is 5.91. The molecule has 0 aromatic carbocycles. The molecule has 1 aliphatic rings. The Morgan fingerprint density at radius 2 is 1.94 bits per heavy atom.